The lowest BCUT2D eigenvalue weighted by Gasteiger charge is -2.05. The Morgan fingerprint density at radius 3 is 2.88 bits per heavy atom. The van der Waals surface area contributed by atoms with E-state index in [4.69, 9.17) is 4.52 Å². The standard InChI is InChI=1S/C16H12N4O2S2/c1-8-3-4-12(24-8)11-7-10(13-9(2)20-22-15(13)18-11)14(21)19-16-17-5-6-23-16/h3-7H,1-2H3,(H,17,19,21). The number of amides is 1. The first-order chi connectivity index (χ1) is 11.6. The maximum Gasteiger partial charge on any atom is 0.259 e. The molecule has 1 N–H and O–H groups in total. The van der Waals surface area contributed by atoms with Gasteiger partial charge in [0.1, 0.15) is 0 Å². The Morgan fingerprint density at radius 2 is 2.17 bits per heavy atom. The van der Waals surface area contributed by atoms with E-state index in [2.05, 4.69) is 20.4 Å². The summed E-state index contributed by atoms with van der Waals surface area (Å²) in [6.07, 6.45) is 1.65. The molecule has 4 heterocycles. The molecule has 0 unspecified atom stereocenters. The van der Waals surface area contributed by atoms with Crippen molar-refractivity contribution >= 4 is 44.8 Å². The summed E-state index contributed by atoms with van der Waals surface area (Å²) in [5.41, 5.74) is 2.17. The third-order valence-corrected chi connectivity index (χ3v) is 5.22. The molecule has 0 saturated heterocycles. The van der Waals surface area contributed by atoms with E-state index in [1.807, 2.05) is 24.4 Å². The van der Waals surface area contributed by atoms with Crippen LogP contribution >= 0.6 is 22.7 Å². The van der Waals surface area contributed by atoms with Gasteiger partial charge in [-0.25, -0.2) is 9.97 Å². The van der Waals surface area contributed by atoms with Crippen molar-refractivity contribution in [3.05, 3.63) is 45.9 Å². The van der Waals surface area contributed by atoms with E-state index < -0.39 is 0 Å². The van der Waals surface area contributed by atoms with E-state index in [9.17, 15) is 4.79 Å². The van der Waals surface area contributed by atoms with Gasteiger partial charge in [-0.1, -0.05) is 5.16 Å². The van der Waals surface area contributed by atoms with E-state index >= 15 is 0 Å². The zero-order valence-electron chi connectivity index (χ0n) is 12.9. The lowest BCUT2D eigenvalue weighted by atomic mass is 10.1. The molecule has 0 aliphatic heterocycles. The van der Waals surface area contributed by atoms with Gasteiger partial charge < -0.3 is 4.52 Å². The van der Waals surface area contributed by atoms with Crippen LogP contribution in [-0.2, 0) is 0 Å². The van der Waals surface area contributed by atoms with Crippen LogP contribution < -0.4 is 5.32 Å². The molecule has 4 aromatic rings. The smallest absolute Gasteiger partial charge is 0.259 e. The number of carbonyl (C=O) groups excluding carboxylic acids is 1. The predicted molar refractivity (Wildman–Crippen MR) is 94.7 cm³/mol. The van der Waals surface area contributed by atoms with Gasteiger partial charge in [-0.3, -0.25) is 10.1 Å². The van der Waals surface area contributed by atoms with Crippen LogP contribution in [0.1, 0.15) is 20.9 Å². The van der Waals surface area contributed by atoms with Crippen LogP contribution in [0.15, 0.2) is 34.3 Å². The lowest BCUT2D eigenvalue weighted by Crippen LogP contribution is -2.12. The molecule has 24 heavy (non-hydrogen) atoms. The minimum Gasteiger partial charge on any atom is -0.335 e. The van der Waals surface area contributed by atoms with Crippen molar-refractivity contribution in [3.63, 3.8) is 0 Å². The van der Waals surface area contributed by atoms with E-state index in [-0.39, 0.29) is 5.91 Å². The molecule has 4 aromatic heterocycles. The van der Waals surface area contributed by atoms with Crippen molar-refractivity contribution in [2.45, 2.75) is 13.8 Å². The number of thiazole rings is 1. The highest BCUT2D eigenvalue weighted by atomic mass is 32.1. The van der Waals surface area contributed by atoms with E-state index in [1.54, 1.807) is 30.5 Å². The summed E-state index contributed by atoms with van der Waals surface area (Å²) in [4.78, 5) is 23.5. The van der Waals surface area contributed by atoms with Crippen LogP contribution in [0.4, 0.5) is 5.13 Å². The number of rotatable bonds is 3. The molecule has 0 radical (unpaired) electrons. The van der Waals surface area contributed by atoms with Crippen molar-refractivity contribution in [1.29, 1.82) is 0 Å². The highest BCUT2D eigenvalue weighted by Crippen LogP contribution is 2.31. The summed E-state index contributed by atoms with van der Waals surface area (Å²) in [5, 5.41) is 9.74. The molecule has 0 bridgehead atoms. The zero-order chi connectivity index (χ0) is 16.7. The Kier molecular flexibility index (Phi) is 3.62. The molecule has 0 fully saturated rings. The molecule has 0 aliphatic rings. The van der Waals surface area contributed by atoms with Gasteiger partial charge in [0.2, 0.25) is 0 Å². The maximum absolute atomic E-state index is 12.7. The first-order valence-electron chi connectivity index (χ1n) is 7.16. The minimum absolute atomic E-state index is 0.252. The number of aromatic nitrogens is 3. The Bertz CT molecular complexity index is 1030. The first kappa shape index (κ1) is 15.0. The van der Waals surface area contributed by atoms with Crippen molar-refractivity contribution in [3.8, 4) is 10.6 Å². The second-order valence-electron chi connectivity index (χ2n) is 5.20. The summed E-state index contributed by atoms with van der Waals surface area (Å²) < 4.78 is 5.29. The molecular formula is C16H12N4O2S2. The summed E-state index contributed by atoms with van der Waals surface area (Å²) in [5.74, 6) is -0.252. The van der Waals surface area contributed by atoms with Gasteiger partial charge in [-0.15, -0.1) is 22.7 Å². The molecule has 4 rings (SSSR count). The molecule has 0 saturated carbocycles. The molecule has 0 aromatic carbocycles. The summed E-state index contributed by atoms with van der Waals surface area (Å²) in [6.45, 7) is 3.82. The summed E-state index contributed by atoms with van der Waals surface area (Å²) >= 11 is 2.98. The van der Waals surface area contributed by atoms with Crippen molar-refractivity contribution in [2.24, 2.45) is 0 Å². The number of anilines is 1. The predicted octanol–water partition coefficient (Wildman–Crippen LogP) is 4.28. The number of thiophene rings is 1. The SMILES string of the molecule is Cc1ccc(-c2cc(C(=O)Nc3nccs3)c3c(C)noc3n2)s1. The van der Waals surface area contributed by atoms with Crippen molar-refractivity contribution in [1.82, 2.24) is 15.1 Å². The second kappa shape index (κ2) is 5.81. The summed E-state index contributed by atoms with van der Waals surface area (Å²) in [6, 6.07) is 5.79. The number of carbonyl (C=O) groups is 1. The van der Waals surface area contributed by atoms with Gasteiger partial charge in [-0.05, 0) is 32.0 Å². The largest absolute Gasteiger partial charge is 0.335 e. The first-order valence-corrected chi connectivity index (χ1v) is 8.86. The number of pyridine rings is 1. The molecular weight excluding hydrogens is 344 g/mol. The number of aryl methyl sites for hydroxylation is 2. The quantitative estimate of drug-likeness (QED) is 0.593. The topological polar surface area (TPSA) is 80.9 Å². The highest BCUT2D eigenvalue weighted by molar-refractivity contribution is 7.15. The average Bonchev–Trinajstić information content (AvgIpc) is 3.29. The van der Waals surface area contributed by atoms with Crippen molar-refractivity contribution < 1.29 is 9.32 Å². The van der Waals surface area contributed by atoms with E-state index in [0.717, 1.165) is 4.88 Å². The fraction of sp³-hybridized carbons (Fsp3) is 0.125. The Morgan fingerprint density at radius 1 is 1.29 bits per heavy atom. The molecule has 0 aliphatic carbocycles. The number of nitrogens with one attached hydrogen (secondary N) is 1. The highest BCUT2D eigenvalue weighted by Gasteiger charge is 2.20. The average molecular weight is 356 g/mol. The molecule has 0 spiro atoms. The third kappa shape index (κ3) is 2.59. The molecule has 120 valence electrons. The third-order valence-electron chi connectivity index (χ3n) is 3.51. The molecule has 1 amide bonds. The summed E-state index contributed by atoms with van der Waals surface area (Å²) in [7, 11) is 0. The van der Waals surface area contributed by atoms with E-state index in [0.29, 0.717) is 33.2 Å². The maximum atomic E-state index is 12.7. The van der Waals surface area contributed by atoms with Crippen LogP contribution in [0, 0.1) is 13.8 Å². The van der Waals surface area contributed by atoms with Crippen LogP contribution in [0.5, 0.6) is 0 Å². The molecule has 8 heteroatoms. The Hall–Kier alpha value is -2.58. The molecule has 6 nitrogen and oxygen atoms in total. The van der Waals surface area contributed by atoms with Gasteiger partial charge in [0.25, 0.3) is 11.6 Å². The Labute approximate surface area is 145 Å². The lowest BCUT2D eigenvalue weighted by molar-refractivity contribution is 0.102. The van der Waals surface area contributed by atoms with Gasteiger partial charge in [0, 0.05) is 16.5 Å². The van der Waals surface area contributed by atoms with Crippen LogP contribution in [0.2, 0.25) is 0 Å². The minimum atomic E-state index is -0.252. The number of fused-ring (bicyclic) bond motifs is 1. The van der Waals surface area contributed by atoms with Gasteiger partial charge in [-0.2, -0.15) is 0 Å². The fourth-order valence-electron chi connectivity index (χ4n) is 2.42. The zero-order valence-corrected chi connectivity index (χ0v) is 14.5. The number of hydrogen-bond acceptors (Lipinski definition) is 7. The van der Waals surface area contributed by atoms with Crippen LogP contribution in [-0.4, -0.2) is 21.0 Å². The molecule has 0 atom stereocenters. The number of hydrogen-bond donors (Lipinski definition) is 1. The van der Waals surface area contributed by atoms with Gasteiger partial charge in [0.15, 0.2) is 5.13 Å². The van der Waals surface area contributed by atoms with Gasteiger partial charge in [0.05, 0.1) is 27.2 Å². The monoisotopic (exact) mass is 356 g/mol. The normalized spacial score (nSPS) is 11.1. The van der Waals surface area contributed by atoms with E-state index in [1.165, 1.54) is 16.2 Å². The second-order valence-corrected chi connectivity index (χ2v) is 7.39. The van der Waals surface area contributed by atoms with Crippen molar-refractivity contribution in [2.75, 3.05) is 5.32 Å². The van der Waals surface area contributed by atoms with Gasteiger partial charge >= 0.3 is 0 Å². The number of nitrogens with zero attached hydrogens (tertiary/aromatic N) is 3. The fourth-order valence-corrected chi connectivity index (χ4v) is 3.77. The Balaban J connectivity index is 1.85. The van der Waals surface area contributed by atoms with Crippen LogP contribution in [0.3, 0.4) is 0 Å². The van der Waals surface area contributed by atoms with Crippen LogP contribution in [0.25, 0.3) is 21.7 Å².